The van der Waals surface area contributed by atoms with Crippen LogP contribution in [0, 0.1) is 0 Å². The molecule has 0 radical (unpaired) electrons. The Labute approximate surface area is 149 Å². The lowest BCUT2D eigenvalue weighted by atomic mass is 9.92. The summed E-state index contributed by atoms with van der Waals surface area (Å²) in [6, 6.07) is 8.89. The van der Waals surface area contributed by atoms with E-state index in [9.17, 15) is 0 Å². The number of aryl methyl sites for hydroxylation is 1. The molecule has 0 N–H and O–H groups in total. The van der Waals surface area contributed by atoms with Crippen molar-refractivity contribution in [2.24, 2.45) is 7.05 Å². The van der Waals surface area contributed by atoms with Crippen molar-refractivity contribution >= 4 is 10.8 Å². The minimum atomic E-state index is 0.597. The van der Waals surface area contributed by atoms with E-state index in [2.05, 4.69) is 47.4 Å². The van der Waals surface area contributed by atoms with Gasteiger partial charge in [-0.05, 0) is 62.0 Å². The molecule has 1 aliphatic heterocycles. The molecule has 4 nitrogen and oxygen atoms in total. The Kier molecular flexibility index (Phi) is 4.53. The summed E-state index contributed by atoms with van der Waals surface area (Å²) in [5.74, 6) is 0.597. The summed E-state index contributed by atoms with van der Waals surface area (Å²) >= 11 is 0. The van der Waals surface area contributed by atoms with E-state index >= 15 is 0 Å². The fourth-order valence-electron chi connectivity index (χ4n) is 3.90. The van der Waals surface area contributed by atoms with Gasteiger partial charge in [-0.15, -0.1) is 0 Å². The van der Waals surface area contributed by atoms with Gasteiger partial charge in [0.15, 0.2) is 0 Å². The zero-order chi connectivity index (χ0) is 17.2. The van der Waals surface area contributed by atoms with Crippen molar-refractivity contribution in [1.82, 2.24) is 19.7 Å². The van der Waals surface area contributed by atoms with Crippen LogP contribution >= 0.6 is 0 Å². The largest absolute Gasteiger partial charge is 0.303 e. The minimum absolute atomic E-state index is 0.597. The second kappa shape index (κ2) is 6.96. The first-order chi connectivity index (χ1) is 12.2. The van der Waals surface area contributed by atoms with E-state index in [1.807, 2.05) is 24.1 Å². The van der Waals surface area contributed by atoms with Crippen molar-refractivity contribution in [2.75, 3.05) is 19.6 Å². The van der Waals surface area contributed by atoms with Gasteiger partial charge in [0.25, 0.3) is 0 Å². The van der Waals surface area contributed by atoms with E-state index in [1.54, 1.807) is 0 Å². The van der Waals surface area contributed by atoms with Crippen LogP contribution in [-0.4, -0.2) is 39.3 Å². The number of hydrogen-bond acceptors (Lipinski definition) is 3. The molecule has 4 heteroatoms. The lowest BCUT2D eigenvalue weighted by Gasteiger charge is -2.31. The monoisotopic (exact) mass is 334 g/mol. The Morgan fingerprint density at radius 3 is 2.60 bits per heavy atom. The van der Waals surface area contributed by atoms with Gasteiger partial charge >= 0.3 is 0 Å². The first-order valence-electron chi connectivity index (χ1n) is 9.34. The molecular weight excluding hydrogens is 308 g/mol. The summed E-state index contributed by atoms with van der Waals surface area (Å²) in [6.45, 7) is 5.89. The number of likely N-dealkylation sites (tertiary alicyclic amines) is 1. The third-order valence-corrected chi connectivity index (χ3v) is 5.33. The van der Waals surface area contributed by atoms with Crippen LogP contribution in [0.25, 0.3) is 21.9 Å². The molecule has 1 fully saturated rings. The van der Waals surface area contributed by atoms with Crippen molar-refractivity contribution in [2.45, 2.75) is 32.1 Å². The van der Waals surface area contributed by atoms with Gasteiger partial charge in [-0.25, -0.2) is 0 Å². The summed E-state index contributed by atoms with van der Waals surface area (Å²) in [4.78, 5) is 7.35. The topological polar surface area (TPSA) is 34.0 Å². The van der Waals surface area contributed by atoms with Crippen molar-refractivity contribution in [3.05, 3.63) is 48.5 Å². The van der Waals surface area contributed by atoms with Crippen molar-refractivity contribution in [3.63, 3.8) is 0 Å². The summed E-state index contributed by atoms with van der Waals surface area (Å²) in [6.07, 6.45) is 9.72. The van der Waals surface area contributed by atoms with Crippen LogP contribution in [0.2, 0.25) is 0 Å². The van der Waals surface area contributed by atoms with Gasteiger partial charge in [-0.1, -0.05) is 19.1 Å². The predicted molar refractivity (Wildman–Crippen MR) is 103 cm³/mol. The lowest BCUT2D eigenvalue weighted by Crippen LogP contribution is -2.33. The molecule has 0 spiro atoms. The average molecular weight is 334 g/mol. The van der Waals surface area contributed by atoms with Crippen molar-refractivity contribution < 1.29 is 0 Å². The second-order valence-electron chi connectivity index (χ2n) is 7.19. The fourth-order valence-corrected chi connectivity index (χ4v) is 3.90. The highest BCUT2D eigenvalue weighted by Crippen LogP contribution is 2.30. The van der Waals surface area contributed by atoms with Crippen molar-refractivity contribution in [3.8, 4) is 11.1 Å². The molecule has 1 saturated heterocycles. The summed E-state index contributed by atoms with van der Waals surface area (Å²) < 4.78 is 1.85. The Hall–Kier alpha value is -2.20. The quantitative estimate of drug-likeness (QED) is 0.716. The van der Waals surface area contributed by atoms with Gasteiger partial charge in [-0.2, -0.15) is 5.10 Å². The first kappa shape index (κ1) is 16.3. The zero-order valence-electron chi connectivity index (χ0n) is 15.2. The molecule has 0 bridgehead atoms. The molecule has 0 amide bonds. The van der Waals surface area contributed by atoms with E-state index in [4.69, 9.17) is 4.98 Å². The van der Waals surface area contributed by atoms with Crippen LogP contribution in [-0.2, 0) is 7.05 Å². The molecule has 0 aliphatic carbocycles. The van der Waals surface area contributed by atoms with E-state index in [1.165, 1.54) is 60.9 Å². The molecule has 4 rings (SSSR count). The second-order valence-corrected chi connectivity index (χ2v) is 7.19. The molecule has 3 aromatic rings. The summed E-state index contributed by atoms with van der Waals surface area (Å²) in [5, 5.41) is 6.77. The van der Waals surface area contributed by atoms with E-state index in [0.29, 0.717) is 5.92 Å². The Morgan fingerprint density at radius 2 is 1.88 bits per heavy atom. The molecule has 25 heavy (non-hydrogen) atoms. The maximum atomic E-state index is 4.77. The summed E-state index contributed by atoms with van der Waals surface area (Å²) in [5.41, 5.74) is 3.64. The number of aromatic nitrogens is 3. The van der Waals surface area contributed by atoms with E-state index in [-0.39, 0.29) is 0 Å². The van der Waals surface area contributed by atoms with Gasteiger partial charge in [0.1, 0.15) is 0 Å². The minimum Gasteiger partial charge on any atom is -0.303 e. The maximum absolute atomic E-state index is 4.77. The highest BCUT2D eigenvalue weighted by Gasteiger charge is 2.21. The molecule has 1 aliphatic rings. The highest BCUT2D eigenvalue weighted by atomic mass is 15.2. The number of fused-ring (bicyclic) bond motifs is 1. The third kappa shape index (κ3) is 3.45. The smallest absolute Gasteiger partial charge is 0.0568 e. The van der Waals surface area contributed by atoms with Crippen LogP contribution in [0.1, 0.15) is 37.8 Å². The van der Waals surface area contributed by atoms with Gasteiger partial charge in [-0.3, -0.25) is 9.67 Å². The number of piperidine rings is 1. The number of hydrogen-bond donors (Lipinski definition) is 0. The van der Waals surface area contributed by atoms with E-state index < -0.39 is 0 Å². The number of rotatable bonds is 4. The Balaban J connectivity index is 1.59. The molecule has 0 unspecified atom stereocenters. The Bertz CT molecular complexity index is 859. The third-order valence-electron chi connectivity index (χ3n) is 5.33. The van der Waals surface area contributed by atoms with Gasteiger partial charge in [0, 0.05) is 42.0 Å². The van der Waals surface area contributed by atoms with Gasteiger partial charge in [0.05, 0.1) is 6.20 Å². The molecule has 3 heterocycles. The standard InChI is InChI=1S/C21H26N4/c1-3-8-25-9-6-16(7-10-25)21-12-19-11-17(4-5-18(19)13-22-21)20-14-23-24(2)15-20/h4-5,11-16H,3,6-10H2,1-2H3. The average Bonchev–Trinajstić information content (AvgIpc) is 3.08. The molecule has 2 aromatic heterocycles. The molecule has 0 atom stereocenters. The van der Waals surface area contributed by atoms with Crippen molar-refractivity contribution in [1.29, 1.82) is 0 Å². The maximum Gasteiger partial charge on any atom is 0.0568 e. The van der Waals surface area contributed by atoms with Crippen LogP contribution in [0.5, 0.6) is 0 Å². The fraction of sp³-hybridized carbons (Fsp3) is 0.429. The number of benzene rings is 1. The normalized spacial score (nSPS) is 16.6. The number of pyridine rings is 1. The summed E-state index contributed by atoms with van der Waals surface area (Å²) in [7, 11) is 1.96. The van der Waals surface area contributed by atoms with Crippen LogP contribution in [0.3, 0.4) is 0 Å². The van der Waals surface area contributed by atoms with Gasteiger partial charge in [0.2, 0.25) is 0 Å². The van der Waals surface area contributed by atoms with E-state index in [0.717, 1.165) is 5.56 Å². The zero-order valence-corrected chi connectivity index (χ0v) is 15.2. The predicted octanol–water partition coefficient (Wildman–Crippen LogP) is 4.22. The lowest BCUT2D eigenvalue weighted by molar-refractivity contribution is 0.211. The molecule has 1 aromatic carbocycles. The van der Waals surface area contributed by atoms with Crippen LogP contribution in [0.15, 0.2) is 42.9 Å². The number of nitrogens with zero attached hydrogens (tertiary/aromatic N) is 4. The molecule has 0 saturated carbocycles. The molecule has 130 valence electrons. The highest BCUT2D eigenvalue weighted by molar-refractivity contribution is 5.86. The Morgan fingerprint density at radius 1 is 1.04 bits per heavy atom. The van der Waals surface area contributed by atoms with Crippen LogP contribution in [0.4, 0.5) is 0 Å². The molecular formula is C21H26N4. The SMILES string of the molecule is CCCN1CCC(c2cc3cc(-c4cnn(C)c4)ccc3cn2)CC1. The first-order valence-corrected chi connectivity index (χ1v) is 9.34. The van der Waals surface area contributed by atoms with Gasteiger partial charge < -0.3 is 4.90 Å². The van der Waals surface area contributed by atoms with Crippen LogP contribution < -0.4 is 0 Å².